The summed E-state index contributed by atoms with van der Waals surface area (Å²) < 4.78 is 80.0. The summed E-state index contributed by atoms with van der Waals surface area (Å²) in [6.07, 6.45) is -9.97. The number of nitrogen functional groups attached to an aromatic ring is 1. The van der Waals surface area contributed by atoms with Gasteiger partial charge in [-0.25, -0.2) is 4.98 Å². The molecule has 1 aromatic carbocycles. The minimum atomic E-state index is -5.13. The fourth-order valence-electron chi connectivity index (χ4n) is 2.45. The summed E-state index contributed by atoms with van der Waals surface area (Å²) in [4.78, 5) is 16.0. The van der Waals surface area contributed by atoms with E-state index in [1.54, 1.807) is 13.8 Å². The van der Waals surface area contributed by atoms with E-state index in [1.807, 2.05) is 0 Å². The number of benzene rings is 1. The van der Waals surface area contributed by atoms with E-state index in [0.29, 0.717) is 12.1 Å². The second-order valence-corrected chi connectivity index (χ2v) is 6.60. The maximum atomic E-state index is 13.4. The van der Waals surface area contributed by atoms with Crippen molar-refractivity contribution in [2.24, 2.45) is 5.92 Å². The molecule has 0 atom stereocenters. The highest BCUT2D eigenvalue weighted by Crippen LogP contribution is 2.39. The summed E-state index contributed by atoms with van der Waals surface area (Å²) in [6.45, 7) is 3.29. The van der Waals surface area contributed by atoms with Crippen LogP contribution in [0.4, 0.5) is 32.3 Å². The highest BCUT2D eigenvalue weighted by Gasteiger charge is 2.40. The van der Waals surface area contributed by atoms with Crippen molar-refractivity contribution in [1.29, 1.82) is 0 Å². The average molecular weight is 414 g/mol. The van der Waals surface area contributed by atoms with Gasteiger partial charge in [-0.3, -0.25) is 9.36 Å². The van der Waals surface area contributed by atoms with E-state index in [9.17, 15) is 31.1 Å². The first-order valence-electron chi connectivity index (χ1n) is 7.58. The largest absolute Gasteiger partial charge is 0.434 e. The maximum absolute atomic E-state index is 13.4. The molecule has 0 fully saturated rings. The van der Waals surface area contributed by atoms with Crippen LogP contribution >= 0.6 is 11.6 Å². The van der Waals surface area contributed by atoms with E-state index in [1.165, 1.54) is 0 Å². The van der Waals surface area contributed by atoms with Crippen LogP contribution < -0.4 is 11.3 Å². The number of anilines is 1. The minimum Gasteiger partial charge on any atom is -0.369 e. The molecular formula is C16H14ClF6N3O. The molecule has 0 spiro atoms. The maximum Gasteiger partial charge on any atom is 0.434 e. The summed E-state index contributed by atoms with van der Waals surface area (Å²) in [6, 6.07) is 1.78. The third-order valence-corrected chi connectivity index (χ3v) is 3.91. The standard InChI is InChI=1S/C16H14ClF6N3O/c1-7(2)6-26-13(27)11(12(16(21,22)23)25-14(26)24)9-5-8(15(18,19)20)3-4-10(9)17/h3-5,7H,6H2,1-2H3,(H2,24,25). The molecule has 0 unspecified atom stereocenters. The zero-order chi connectivity index (χ0) is 20.7. The quantitative estimate of drug-likeness (QED) is 0.732. The normalized spacial score (nSPS) is 12.7. The Morgan fingerprint density at radius 2 is 1.74 bits per heavy atom. The van der Waals surface area contributed by atoms with E-state index in [4.69, 9.17) is 17.3 Å². The summed E-state index contributed by atoms with van der Waals surface area (Å²) in [5, 5.41) is -0.451. The summed E-state index contributed by atoms with van der Waals surface area (Å²) in [5.41, 5.74) is -0.454. The van der Waals surface area contributed by atoms with Crippen LogP contribution in [-0.2, 0) is 18.9 Å². The number of nitrogens with two attached hydrogens (primary N) is 1. The lowest BCUT2D eigenvalue weighted by molar-refractivity contribution is -0.140. The average Bonchev–Trinajstić information content (AvgIpc) is 2.49. The predicted octanol–water partition coefficient (Wildman–Crippen LogP) is 4.84. The van der Waals surface area contributed by atoms with Gasteiger partial charge >= 0.3 is 12.4 Å². The lowest BCUT2D eigenvalue weighted by Gasteiger charge is -2.19. The number of aromatic nitrogens is 2. The van der Waals surface area contributed by atoms with Crippen molar-refractivity contribution in [1.82, 2.24) is 9.55 Å². The van der Waals surface area contributed by atoms with Gasteiger partial charge in [0.05, 0.1) is 11.1 Å². The second-order valence-electron chi connectivity index (χ2n) is 6.19. The molecule has 11 heteroatoms. The van der Waals surface area contributed by atoms with Crippen LogP contribution in [0.1, 0.15) is 25.1 Å². The van der Waals surface area contributed by atoms with Gasteiger partial charge in [0.1, 0.15) is 0 Å². The smallest absolute Gasteiger partial charge is 0.369 e. The number of nitrogens with zero attached hydrogens (tertiary/aromatic N) is 2. The number of rotatable bonds is 3. The van der Waals surface area contributed by atoms with Crippen LogP contribution in [0, 0.1) is 5.92 Å². The molecule has 2 rings (SSSR count). The van der Waals surface area contributed by atoms with Gasteiger partial charge in [0.25, 0.3) is 5.56 Å². The fourth-order valence-corrected chi connectivity index (χ4v) is 2.67. The minimum absolute atomic E-state index is 0.0701. The van der Waals surface area contributed by atoms with Gasteiger partial charge in [0.15, 0.2) is 5.69 Å². The molecule has 2 aromatic rings. The lowest BCUT2D eigenvalue weighted by Crippen LogP contribution is -2.31. The molecule has 0 amide bonds. The Labute approximate surface area is 154 Å². The first kappa shape index (κ1) is 21.1. The molecular weight excluding hydrogens is 400 g/mol. The molecule has 4 nitrogen and oxygen atoms in total. The van der Waals surface area contributed by atoms with Crippen molar-refractivity contribution in [3.05, 3.63) is 44.8 Å². The van der Waals surface area contributed by atoms with Crippen molar-refractivity contribution in [3.8, 4) is 11.1 Å². The Kier molecular flexibility index (Phi) is 5.51. The van der Waals surface area contributed by atoms with Crippen LogP contribution in [0.3, 0.4) is 0 Å². The molecule has 0 aliphatic rings. The number of halogens is 7. The number of alkyl halides is 6. The molecule has 27 heavy (non-hydrogen) atoms. The highest BCUT2D eigenvalue weighted by molar-refractivity contribution is 6.33. The monoisotopic (exact) mass is 413 g/mol. The van der Waals surface area contributed by atoms with Gasteiger partial charge in [-0.15, -0.1) is 0 Å². The predicted molar refractivity (Wildman–Crippen MR) is 88.2 cm³/mol. The van der Waals surface area contributed by atoms with E-state index in [-0.39, 0.29) is 12.5 Å². The molecule has 0 saturated carbocycles. The second kappa shape index (κ2) is 7.06. The van der Waals surface area contributed by atoms with Crippen LogP contribution in [0.15, 0.2) is 23.0 Å². The SMILES string of the molecule is CC(C)Cn1c(N)nc(C(F)(F)F)c(-c2cc(C(F)(F)F)ccc2Cl)c1=O. The van der Waals surface area contributed by atoms with Crippen LogP contribution in [0.2, 0.25) is 5.02 Å². The van der Waals surface area contributed by atoms with Gasteiger partial charge in [0, 0.05) is 17.1 Å². The van der Waals surface area contributed by atoms with Crippen molar-refractivity contribution in [2.75, 3.05) is 5.73 Å². The van der Waals surface area contributed by atoms with Crippen molar-refractivity contribution in [2.45, 2.75) is 32.7 Å². The van der Waals surface area contributed by atoms with Gasteiger partial charge in [0.2, 0.25) is 5.95 Å². The Morgan fingerprint density at radius 1 is 1.15 bits per heavy atom. The summed E-state index contributed by atoms with van der Waals surface area (Å²) in [7, 11) is 0. The molecule has 2 N–H and O–H groups in total. The van der Waals surface area contributed by atoms with E-state index < -0.39 is 51.3 Å². The lowest BCUT2D eigenvalue weighted by atomic mass is 10.0. The zero-order valence-corrected chi connectivity index (χ0v) is 14.8. The van der Waals surface area contributed by atoms with Crippen molar-refractivity contribution >= 4 is 17.5 Å². The molecule has 148 valence electrons. The number of hydrogen-bond acceptors (Lipinski definition) is 3. The molecule has 1 heterocycles. The van der Waals surface area contributed by atoms with Crippen molar-refractivity contribution in [3.63, 3.8) is 0 Å². The Bertz CT molecular complexity index is 918. The van der Waals surface area contributed by atoms with E-state index in [2.05, 4.69) is 4.98 Å². The zero-order valence-electron chi connectivity index (χ0n) is 14.0. The number of hydrogen-bond donors (Lipinski definition) is 1. The first-order valence-corrected chi connectivity index (χ1v) is 7.96. The summed E-state index contributed by atoms with van der Waals surface area (Å²) >= 11 is 5.83. The van der Waals surface area contributed by atoms with Crippen LogP contribution in [0.5, 0.6) is 0 Å². The van der Waals surface area contributed by atoms with E-state index >= 15 is 0 Å². The van der Waals surface area contributed by atoms with Gasteiger partial charge in [-0.2, -0.15) is 26.3 Å². The molecule has 0 aliphatic heterocycles. The third kappa shape index (κ3) is 4.37. The van der Waals surface area contributed by atoms with Gasteiger partial charge in [-0.1, -0.05) is 25.4 Å². The fraction of sp³-hybridized carbons (Fsp3) is 0.375. The third-order valence-electron chi connectivity index (χ3n) is 3.58. The Morgan fingerprint density at radius 3 is 2.22 bits per heavy atom. The molecule has 1 aromatic heterocycles. The first-order chi connectivity index (χ1) is 12.2. The molecule has 0 saturated heterocycles. The Hall–Kier alpha value is -2.23. The Balaban J connectivity index is 2.92. The highest BCUT2D eigenvalue weighted by atomic mass is 35.5. The van der Waals surface area contributed by atoms with E-state index in [0.717, 1.165) is 10.6 Å². The van der Waals surface area contributed by atoms with Crippen LogP contribution in [0.25, 0.3) is 11.1 Å². The van der Waals surface area contributed by atoms with Crippen molar-refractivity contribution < 1.29 is 26.3 Å². The topological polar surface area (TPSA) is 60.9 Å². The summed E-state index contributed by atoms with van der Waals surface area (Å²) in [5.74, 6) is -0.874. The van der Waals surface area contributed by atoms with Gasteiger partial charge < -0.3 is 5.73 Å². The molecule has 0 radical (unpaired) electrons. The molecule has 0 aliphatic carbocycles. The van der Waals surface area contributed by atoms with Crippen LogP contribution in [-0.4, -0.2) is 9.55 Å². The molecule has 0 bridgehead atoms. The van der Waals surface area contributed by atoms with Gasteiger partial charge in [-0.05, 0) is 24.1 Å².